The van der Waals surface area contributed by atoms with Crippen molar-refractivity contribution in [2.45, 2.75) is 64.6 Å². The molecule has 2 saturated heterocycles. The molecule has 0 radical (unpaired) electrons. The van der Waals surface area contributed by atoms with Gasteiger partial charge in [0.05, 0.1) is 12.2 Å². The zero-order valence-corrected chi connectivity index (χ0v) is 20.6. The summed E-state index contributed by atoms with van der Waals surface area (Å²) in [6.07, 6.45) is 0.841. The van der Waals surface area contributed by atoms with E-state index >= 15 is 0 Å². The number of fused-ring (bicyclic) bond motifs is 1. The highest BCUT2D eigenvalue weighted by molar-refractivity contribution is 6.06. The van der Waals surface area contributed by atoms with Gasteiger partial charge in [-0.15, -0.1) is 0 Å². The molecule has 0 aliphatic carbocycles. The summed E-state index contributed by atoms with van der Waals surface area (Å²) >= 11 is 0. The highest BCUT2D eigenvalue weighted by atomic mass is 19.1. The number of carbonyl (C=O) groups is 3. The fraction of sp³-hybridized carbons (Fsp3) is 0.444. The summed E-state index contributed by atoms with van der Waals surface area (Å²) in [5, 5.41) is 5.59. The molecule has 3 aliphatic heterocycles. The van der Waals surface area contributed by atoms with Gasteiger partial charge >= 0.3 is 0 Å². The van der Waals surface area contributed by atoms with Crippen LogP contribution in [0.25, 0.3) is 0 Å². The Morgan fingerprint density at radius 3 is 2.61 bits per heavy atom. The van der Waals surface area contributed by atoms with E-state index in [-0.39, 0.29) is 49.3 Å². The molecule has 3 amide bonds. The van der Waals surface area contributed by atoms with E-state index in [0.29, 0.717) is 24.1 Å². The van der Waals surface area contributed by atoms with Gasteiger partial charge in [-0.2, -0.15) is 0 Å². The molecule has 0 saturated carbocycles. The normalized spacial score (nSPS) is 24.6. The highest BCUT2D eigenvalue weighted by Crippen LogP contribution is 2.32. The summed E-state index contributed by atoms with van der Waals surface area (Å²) < 4.78 is 20.7. The van der Waals surface area contributed by atoms with E-state index in [2.05, 4.69) is 29.4 Å². The lowest BCUT2D eigenvalue weighted by Gasteiger charge is -2.35. The molecule has 3 atom stereocenters. The Labute approximate surface area is 209 Å². The number of amides is 3. The standard InChI is InChI=1S/C27H31FN4O4/c1-16-12-31(13-17(2)36-16)14-18-6-7-19(22(28)10-18)11-29-23-5-3-4-20-21(23)15-32(27(20)35)24-8-9-25(33)30-26(24)34/h3-7,10,16-17,24,29H,8-9,11-15H2,1-2H3,(H,30,33,34)/t16?,17?,24-/m0/s1. The number of ether oxygens (including phenoxy) is 1. The van der Waals surface area contributed by atoms with Crippen LogP contribution in [0.5, 0.6) is 0 Å². The number of morpholine rings is 1. The van der Waals surface area contributed by atoms with E-state index in [1.165, 1.54) is 4.90 Å². The van der Waals surface area contributed by atoms with Gasteiger partial charge in [-0.1, -0.05) is 18.2 Å². The van der Waals surface area contributed by atoms with Crippen molar-refractivity contribution >= 4 is 23.4 Å². The molecule has 5 rings (SSSR count). The molecule has 0 aromatic heterocycles. The SMILES string of the molecule is CC1CN(Cc2ccc(CNc3cccc4c3CN([C@H]3CCC(=O)NC3=O)C4=O)c(F)c2)CC(C)O1. The minimum atomic E-state index is -0.669. The summed E-state index contributed by atoms with van der Waals surface area (Å²) in [5.41, 5.74) is 3.49. The van der Waals surface area contributed by atoms with E-state index in [0.717, 1.165) is 29.9 Å². The molecule has 3 heterocycles. The average Bonchev–Trinajstić information content (AvgIpc) is 3.15. The van der Waals surface area contributed by atoms with Crippen LogP contribution >= 0.6 is 0 Å². The minimum absolute atomic E-state index is 0.160. The lowest BCUT2D eigenvalue weighted by atomic mass is 10.0. The molecule has 0 spiro atoms. The number of rotatable bonds is 6. The van der Waals surface area contributed by atoms with Crippen LogP contribution in [-0.4, -0.2) is 58.9 Å². The lowest BCUT2D eigenvalue weighted by Crippen LogP contribution is -2.52. The van der Waals surface area contributed by atoms with E-state index < -0.39 is 11.9 Å². The predicted molar refractivity (Wildman–Crippen MR) is 131 cm³/mol. The molecular weight excluding hydrogens is 463 g/mol. The molecule has 0 bridgehead atoms. The Morgan fingerprint density at radius 2 is 1.89 bits per heavy atom. The van der Waals surface area contributed by atoms with Gasteiger partial charge in [-0.3, -0.25) is 24.6 Å². The highest BCUT2D eigenvalue weighted by Gasteiger charge is 2.39. The van der Waals surface area contributed by atoms with Gasteiger partial charge in [0.15, 0.2) is 0 Å². The summed E-state index contributed by atoms with van der Waals surface area (Å²) in [7, 11) is 0. The fourth-order valence-electron chi connectivity index (χ4n) is 5.45. The quantitative estimate of drug-likeness (QED) is 0.601. The molecule has 2 unspecified atom stereocenters. The van der Waals surface area contributed by atoms with Gasteiger partial charge in [0, 0.05) is 61.5 Å². The molecule has 8 nitrogen and oxygen atoms in total. The number of nitrogens with one attached hydrogen (secondary N) is 2. The number of halogens is 1. The number of piperidine rings is 1. The van der Waals surface area contributed by atoms with Gasteiger partial charge in [0.25, 0.3) is 5.91 Å². The molecular formula is C27H31FN4O4. The van der Waals surface area contributed by atoms with Crippen LogP contribution in [0.2, 0.25) is 0 Å². The first kappa shape index (κ1) is 24.4. The molecule has 9 heteroatoms. The van der Waals surface area contributed by atoms with Crippen LogP contribution < -0.4 is 10.6 Å². The summed E-state index contributed by atoms with van der Waals surface area (Å²) in [6.45, 7) is 6.95. The first-order valence-corrected chi connectivity index (χ1v) is 12.4. The molecule has 3 aliphatic rings. The summed E-state index contributed by atoms with van der Waals surface area (Å²) in [4.78, 5) is 40.6. The summed E-state index contributed by atoms with van der Waals surface area (Å²) in [6, 6.07) is 10.0. The number of nitrogens with zero attached hydrogens (tertiary/aromatic N) is 2. The number of hydrogen-bond donors (Lipinski definition) is 2. The Morgan fingerprint density at radius 1 is 1.11 bits per heavy atom. The Hall–Kier alpha value is -3.30. The van der Waals surface area contributed by atoms with E-state index in [1.807, 2.05) is 12.1 Å². The smallest absolute Gasteiger partial charge is 0.255 e. The molecule has 2 aromatic rings. The van der Waals surface area contributed by atoms with Gasteiger partial charge < -0.3 is 15.0 Å². The van der Waals surface area contributed by atoms with Crippen LogP contribution in [0, 0.1) is 5.82 Å². The second-order valence-corrected chi connectivity index (χ2v) is 9.96. The fourth-order valence-corrected chi connectivity index (χ4v) is 5.45. The zero-order chi connectivity index (χ0) is 25.4. The third kappa shape index (κ3) is 4.99. The second-order valence-electron chi connectivity index (χ2n) is 9.96. The topological polar surface area (TPSA) is 91.0 Å². The van der Waals surface area contributed by atoms with Gasteiger partial charge in [-0.05, 0) is 44.0 Å². The van der Waals surface area contributed by atoms with Crippen LogP contribution in [-0.2, 0) is 34.0 Å². The van der Waals surface area contributed by atoms with Gasteiger partial charge in [0.1, 0.15) is 11.9 Å². The van der Waals surface area contributed by atoms with Gasteiger partial charge in [0.2, 0.25) is 11.8 Å². The number of benzene rings is 2. The van der Waals surface area contributed by atoms with Crippen LogP contribution in [0.1, 0.15) is 53.7 Å². The lowest BCUT2D eigenvalue weighted by molar-refractivity contribution is -0.136. The minimum Gasteiger partial charge on any atom is -0.381 e. The van der Waals surface area contributed by atoms with Crippen molar-refractivity contribution in [3.63, 3.8) is 0 Å². The number of carbonyl (C=O) groups excluding carboxylic acids is 3. The zero-order valence-electron chi connectivity index (χ0n) is 20.6. The first-order valence-electron chi connectivity index (χ1n) is 12.4. The van der Waals surface area contributed by atoms with E-state index in [9.17, 15) is 18.8 Å². The van der Waals surface area contributed by atoms with E-state index in [4.69, 9.17) is 4.74 Å². The van der Waals surface area contributed by atoms with Crippen molar-refractivity contribution in [1.82, 2.24) is 15.1 Å². The maximum Gasteiger partial charge on any atom is 0.255 e. The molecule has 2 aromatic carbocycles. The van der Waals surface area contributed by atoms with Crippen molar-refractivity contribution < 1.29 is 23.5 Å². The predicted octanol–water partition coefficient (Wildman–Crippen LogP) is 2.81. The Balaban J connectivity index is 1.25. The third-order valence-electron chi connectivity index (χ3n) is 7.07. The Bertz CT molecular complexity index is 1190. The maximum atomic E-state index is 15.0. The maximum absolute atomic E-state index is 15.0. The van der Waals surface area contributed by atoms with Gasteiger partial charge in [-0.25, -0.2) is 4.39 Å². The second kappa shape index (κ2) is 9.99. The number of hydrogen-bond acceptors (Lipinski definition) is 6. The average molecular weight is 495 g/mol. The van der Waals surface area contributed by atoms with Crippen molar-refractivity contribution in [3.05, 3.63) is 64.5 Å². The largest absolute Gasteiger partial charge is 0.381 e. The number of imide groups is 1. The molecule has 2 N–H and O–H groups in total. The molecule has 36 heavy (non-hydrogen) atoms. The van der Waals surface area contributed by atoms with E-state index in [1.54, 1.807) is 24.3 Å². The summed E-state index contributed by atoms with van der Waals surface area (Å²) in [5.74, 6) is -1.26. The van der Waals surface area contributed by atoms with Crippen molar-refractivity contribution in [1.29, 1.82) is 0 Å². The van der Waals surface area contributed by atoms with Crippen molar-refractivity contribution in [3.8, 4) is 0 Å². The van der Waals surface area contributed by atoms with Crippen LogP contribution in [0.4, 0.5) is 10.1 Å². The van der Waals surface area contributed by atoms with Crippen LogP contribution in [0.15, 0.2) is 36.4 Å². The Kier molecular flexibility index (Phi) is 6.77. The monoisotopic (exact) mass is 494 g/mol. The first-order chi connectivity index (χ1) is 17.3. The molecule has 2 fully saturated rings. The van der Waals surface area contributed by atoms with Crippen molar-refractivity contribution in [2.75, 3.05) is 18.4 Å². The van der Waals surface area contributed by atoms with Crippen molar-refractivity contribution in [2.24, 2.45) is 0 Å². The van der Waals surface area contributed by atoms with Crippen LogP contribution in [0.3, 0.4) is 0 Å². The molecule has 190 valence electrons. The number of anilines is 1. The third-order valence-corrected chi connectivity index (χ3v) is 7.07.